The molecule has 94 valence electrons. The third-order valence-corrected chi connectivity index (χ3v) is 3.75. The van der Waals surface area contributed by atoms with Gasteiger partial charge in [-0.05, 0) is 31.4 Å². The van der Waals surface area contributed by atoms with Crippen LogP contribution in [0.4, 0.5) is 0 Å². The van der Waals surface area contributed by atoms with E-state index in [1.165, 1.54) is 11.1 Å². The van der Waals surface area contributed by atoms with E-state index in [9.17, 15) is 0 Å². The van der Waals surface area contributed by atoms with Gasteiger partial charge in [-0.25, -0.2) is 0 Å². The first-order valence-corrected chi connectivity index (χ1v) is 6.71. The number of fused-ring (bicyclic) bond motifs is 1. The molecular weight excluding hydrogens is 210 g/mol. The molecule has 17 heavy (non-hydrogen) atoms. The van der Waals surface area contributed by atoms with Crippen molar-refractivity contribution in [1.82, 2.24) is 5.32 Å². The molecule has 1 aromatic carbocycles. The number of rotatable bonds is 4. The zero-order chi connectivity index (χ0) is 12.4. The molecule has 1 aromatic rings. The predicted molar refractivity (Wildman–Crippen MR) is 71.7 cm³/mol. The predicted octanol–water partition coefficient (Wildman–Crippen LogP) is 3.63. The second-order valence-electron chi connectivity index (χ2n) is 4.93. The Hall–Kier alpha value is -1.02. The number of hydrogen-bond acceptors (Lipinski definition) is 2. The summed E-state index contributed by atoms with van der Waals surface area (Å²) in [6, 6.07) is 6.90. The quantitative estimate of drug-likeness (QED) is 0.857. The van der Waals surface area contributed by atoms with Gasteiger partial charge in [-0.2, -0.15) is 0 Å². The van der Waals surface area contributed by atoms with Crippen LogP contribution in [0.2, 0.25) is 0 Å². The normalized spacial score (nSPS) is 24.2. The van der Waals surface area contributed by atoms with E-state index in [2.05, 4.69) is 51.2 Å². The van der Waals surface area contributed by atoms with Gasteiger partial charge in [-0.3, -0.25) is 0 Å². The number of benzene rings is 1. The summed E-state index contributed by atoms with van der Waals surface area (Å²) in [6.07, 6.45) is 1.38. The molecule has 2 heteroatoms. The van der Waals surface area contributed by atoms with Gasteiger partial charge in [0.05, 0.1) is 6.04 Å². The van der Waals surface area contributed by atoms with Crippen LogP contribution < -0.4 is 10.1 Å². The lowest BCUT2D eigenvalue weighted by molar-refractivity contribution is 0.209. The van der Waals surface area contributed by atoms with Crippen molar-refractivity contribution in [2.45, 2.75) is 52.2 Å². The van der Waals surface area contributed by atoms with Gasteiger partial charge in [0.25, 0.3) is 0 Å². The smallest absolute Gasteiger partial charge is 0.128 e. The van der Waals surface area contributed by atoms with Crippen molar-refractivity contribution in [3.63, 3.8) is 0 Å². The average Bonchev–Trinajstić information content (AvgIpc) is 2.65. The van der Waals surface area contributed by atoms with Crippen LogP contribution in [0, 0.1) is 0 Å². The van der Waals surface area contributed by atoms with Crippen molar-refractivity contribution >= 4 is 0 Å². The van der Waals surface area contributed by atoms with Crippen molar-refractivity contribution in [1.29, 1.82) is 0 Å². The fraction of sp³-hybridized carbons (Fsp3) is 0.600. The highest BCUT2D eigenvalue weighted by Gasteiger charge is 2.32. The highest BCUT2D eigenvalue weighted by Crippen LogP contribution is 2.42. The van der Waals surface area contributed by atoms with Gasteiger partial charge < -0.3 is 10.1 Å². The van der Waals surface area contributed by atoms with E-state index in [0.717, 1.165) is 18.7 Å². The van der Waals surface area contributed by atoms with Crippen molar-refractivity contribution in [3.8, 4) is 5.75 Å². The molecule has 2 nitrogen and oxygen atoms in total. The summed E-state index contributed by atoms with van der Waals surface area (Å²) in [5, 5.41) is 3.51. The first-order chi connectivity index (χ1) is 8.19. The Morgan fingerprint density at radius 1 is 1.35 bits per heavy atom. The minimum absolute atomic E-state index is 0.232. The molecule has 0 saturated carbocycles. The largest absolute Gasteiger partial charge is 0.488 e. The van der Waals surface area contributed by atoms with Crippen LogP contribution in [0.15, 0.2) is 18.2 Å². The van der Waals surface area contributed by atoms with E-state index in [-0.39, 0.29) is 6.10 Å². The maximum absolute atomic E-state index is 6.06. The zero-order valence-corrected chi connectivity index (χ0v) is 11.3. The van der Waals surface area contributed by atoms with Crippen LogP contribution in [0.5, 0.6) is 5.75 Å². The Morgan fingerprint density at radius 2 is 2.12 bits per heavy atom. The molecule has 3 atom stereocenters. The van der Waals surface area contributed by atoms with Gasteiger partial charge in [-0.1, -0.05) is 39.0 Å². The molecule has 0 spiro atoms. The average molecular weight is 233 g/mol. The van der Waals surface area contributed by atoms with Crippen molar-refractivity contribution in [3.05, 3.63) is 29.3 Å². The molecule has 0 fully saturated rings. The summed E-state index contributed by atoms with van der Waals surface area (Å²) in [4.78, 5) is 0. The topological polar surface area (TPSA) is 21.3 Å². The second-order valence-corrected chi connectivity index (χ2v) is 4.93. The highest BCUT2D eigenvalue weighted by atomic mass is 16.5. The monoisotopic (exact) mass is 233 g/mol. The Labute approximate surface area is 104 Å². The lowest BCUT2D eigenvalue weighted by Crippen LogP contribution is -2.28. The molecule has 0 saturated heterocycles. The van der Waals surface area contributed by atoms with E-state index >= 15 is 0 Å². The van der Waals surface area contributed by atoms with E-state index in [1.807, 2.05) is 0 Å². The molecule has 0 bridgehead atoms. The zero-order valence-electron chi connectivity index (χ0n) is 11.3. The van der Waals surface area contributed by atoms with Crippen LogP contribution in [-0.2, 0) is 0 Å². The third-order valence-electron chi connectivity index (χ3n) is 3.75. The molecule has 1 heterocycles. The van der Waals surface area contributed by atoms with Crippen LogP contribution >= 0.6 is 0 Å². The van der Waals surface area contributed by atoms with Crippen molar-refractivity contribution < 1.29 is 4.74 Å². The van der Waals surface area contributed by atoms with Crippen molar-refractivity contribution in [2.24, 2.45) is 0 Å². The minimum Gasteiger partial charge on any atom is -0.488 e. The fourth-order valence-corrected chi connectivity index (χ4v) is 2.57. The third kappa shape index (κ3) is 2.19. The van der Waals surface area contributed by atoms with Crippen molar-refractivity contribution in [2.75, 3.05) is 6.54 Å². The van der Waals surface area contributed by atoms with Gasteiger partial charge >= 0.3 is 0 Å². The van der Waals surface area contributed by atoms with E-state index in [1.54, 1.807) is 0 Å². The molecule has 0 amide bonds. The number of hydrogen-bond donors (Lipinski definition) is 1. The Kier molecular flexibility index (Phi) is 3.72. The fourth-order valence-electron chi connectivity index (χ4n) is 2.57. The summed E-state index contributed by atoms with van der Waals surface area (Å²) in [6.45, 7) is 9.76. The first-order valence-electron chi connectivity index (χ1n) is 6.71. The number of para-hydroxylation sites is 1. The molecule has 1 aliphatic heterocycles. The molecular formula is C15H23NO. The maximum Gasteiger partial charge on any atom is 0.128 e. The summed E-state index contributed by atoms with van der Waals surface area (Å²) in [7, 11) is 0. The maximum atomic E-state index is 6.06. The highest BCUT2D eigenvalue weighted by molar-refractivity contribution is 5.48. The lowest BCUT2D eigenvalue weighted by atomic mass is 9.94. The summed E-state index contributed by atoms with van der Waals surface area (Å²) in [5.41, 5.74) is 2.69. The molecule has 3 unspecified atom stereocenters. The van der Waals surface area contributed by atoms with Gasteiger partial charge in [0.2, 0.25) is 0 Å². The van der Waals surface area contributed by atoms with E-state index in [0.29, 0.717) is 12.0 Å². The summed E-state index contributed by atoms with van der Waals surface area (Å²) < 4.78 is 6.06. The van der Waals surface area contributed by atoms with Gasteiger partial charge in [0.15, 0.2) is 0 Å². The van der Waals surface area contributed by atoms with Crippen LogP contribution in [0.25, 0.3) is 0 Å². The van der Waals surface area contributed by atoms with E-state index < -0.39 is 0 Å². The van der Waals surface area contributed by atoms with Gasteiger partial charge in [0, 0.05) is 5.56 Å². The standard InChI is InChI=1S/C15H23NO/c1-5-10(3)12-8-7-9-13-14(16-6-2)11(4)17-15(12)13/h7-11,14,16H,5-6H2,1-4H3. The van der Waals surface area contributed by atoms with Gasteiger partial charge in [-0.15, -0.1) is 0 Å². The summed E-state index contributed by atoms with van der Waals surface area (Å²) in [5.74, 6) is 1.69. The minimum atomic E-state index is 0.232. The Bertz CT molecular complexity index is 389. The molecule has 1 aliphatic rings. The lowest BCUT2D eigenvalue weighted by Gasteiger charge is -2.14. The number of ether oxygens (including phenoxy) is 1. The van der Waals surface area contributed by atoms with Crippen LogP contribution in [0.3, 0.4) is 0 Å². The number of nitrogens with one attached hydrogen (secondary N) is 1. The Morgan fingerprint density at radius 3 is 2.76 bits per heavy atom. The van der Waals surface area contributed by atoms with Crippen LogP contribution in [0.1, 0.15) is 57.2 Å². The van der Waals surface area contributed by atoms with E-state index in [4.69, 9.17) is 4.74 Å². The summed E-state index contributed by atoms with van der Waals surface area (Å²) >= 11 is 0. The number of likely N-dealkylation sites (N-methyl/N-ethyl adjacent to an activating group) is 1. The molecule has 0 aromatic heterocycles. The first kappa shape index (κ1) is 12.4. The SMILES string of the molecule is CCNC1c2cccc(C(C)CC)c2OC1C. The molecule has 0 aliphatic carbocycles. The molecule has 1 N–H and O–H groups in total. The Balaban J connectivity index is 2.38. The second kappa shape index (κ2) is 5.09. The molecule has 2 rings (SSSR count). The van der Waals surface area contributed by atoms with Gasteiger partial charge in [0.1, 0.15) is 11.9 Å². The molecule has 0 radical (unpaired) electrons. The van der Waals surface area contributed by atoms with Crippen LogP contribution in [-0.4, -0.2) is 12.6 Å².